The Morgan fingerprint density at radius 2 is 2.11 bits per heavy atom. The summed E-state index contributed by atoms with van der Waals surface area (Å²) < 4.78 is 37.9. The highest BCUT2D eigenvalue weighted by Gasteiger charge is 2.21. The van der Waals surface area contributed by atoms with Crippen LogP contribution in [0.5, 0.6) is 0 Å². The number of alkyl halides is 2. The molecule has 1 N–H and O–H groups in total. The minimum Gasteiger partial charge on any atom is -0.395 e. The molecule has 0 aromatic heterocycles. The van der Waals surface area contributed by atoms with Crippen LogP contribution in [-0.2, 0) is 0 Å². The van der Waals surface area contributed by atoms with Gasteiger partial charge in [-0.1, -0.05) is 0 Å². The first kappa shape index (κ1) is 15.0. The van der Waals surface area contributed by atoms with E-state index >= 15 is 0 Å². The van der Waals surface area contributed by atoms with E-state index in [0.29, 0.717) is 4.47 Å². The molecule has 18 heavy (non-hydrogen) atoms. The summed E-state index contributed by atoms with van der Waals surface area (Å²) in [5, 5.41) is 8.74. The minimum absolute atomic E-state index is 0.0518. The molecule has 3 nitrogen and oxygen atoms in total. The Bertz CT molecular complexity index is 429. The number of benzene rings is 1. The van der Waals surface area contributed by atoms with Gasteiger partial charge in [-0.3, -0.25) is 4.79 Å². The third-order valence-corrected chi connectivity index (χ3v) is 2.87. The number of amides is 1. The van der Waals surface area contributed by atoms with Crippen LogP contribution in [0, 0.1) is 5.82 Å². The summed E-state index contributed by atoms with van der Waals surface area (Å²) in [5.41, 5.74) is -0.0518. The van der Waals surface area contributed by atoms with Crippen LogP contribution in [0.1, 0.15) is 10.4 Å². The zero-order valence-corrected chi connectivity index (χ0v) is 10.8. The Morgan fingerprint density at radius 3 is 2.67 bits per heavy atom. The van der Waals surface area contributed by atoms with Crippen LogP contribution in [0.4, 0.5) is 13.2 Å². The van der Waals surface area contributed by atoms with Gasteiger partial charge in [-0.05, 0) is 34.1 Å². The lowest BCUT2D eigenvalue weighted by molar-refractivity contribution is 0.0508. The van der Waals surface area contributed by atoms with E-state index in [9.17, 15) is 18.0 Å². The van der Waals surface area contributed by atoms with Crippen LogP contribution in [-0.4, -0.2) is 42.0 Å². The standard InChI is InChI=1S/C11H11BrF3NO2/c12-9-2-1-7(13)5-8(9)11(18)16(3-4-17)6-10(14)15/h1-2,5,10,17H,3-4,6H2. The van der Waals surface area contributed by atoms with Crippen molar-refractivity contribution in [3.8, 4) is 0 Å². The first-order chi connectivity index (χ1) is 8.45. The Hall–Kier alpha value is -1.08. The summed E-state index contributed by atoms with van der Waals surface area (Å²) >= 11 is 3.05. The summed E-state index contributed by atoms with van der Waals surface area (Å²) in [6.07, 6.45) is -2.71. The second kappa shape index (κ2) is 6.75. The van der Waals surface area contributed by atoms with Crippen molar-refractivity contribution >= 4 is 21.8 Å². The second-order valence-electron chi connectivity index (χ2n) is 3.49. The number of carbonyl (C=O) groups excluding carboxylic acids is 1. The van der Waals surface area contributed by atoms with Gasteiger partial charge in [0.05, 0.1) is 18.7 Å². The number of hydrogen-bond donors (Lipinski definition) is 1. The van der Waals surface area contributed by atoms with Gasteiger partial charge in [0.25, 0.3) is 12.3 Å². The molecule has 0 unspecified atom stereocenters. The maximum absolute atomic E-state index is 13.0. The van der Waals surface area contributed by atoms with Crippen LogP contribution in [0.3, 0.4) is 0 Å². The molecule has 7 heteroatoms. The normalized spacial score (nSPS) is 10.8. The van der Waals surface area contributed by atoms with Gasteiger partial charge >= 0.3 is 0 Å². The van der Waals surface area contributed by atoms with Crippen molar-refractivity contribution in [1.29, 1.82) is 0 Å². The number of aliphatic hydroxyl groups is 1. The molecule has 0 aliphatic carbocycles. The number of aliphatic hydroxyl groups excluding tert-OH is 1. The quantitative estimate of drug-likeness (QED) is 0.902. The molecule has 1 amide bonds. The van der Waals surface area contributed by atoms with Crippen molar-refractivity contribution in [2.45, 2.75) is 6.43 Å². The molecular formula is C11H11BrF3NO2. The molecule has 1 aromatic rings. The van der Waals surface area contributed by atoms with E-state index < -0.39 is 31.3 Å². The van der Waals surface area contributed by atoms with Crippen molar-refractivity contribution in [3.63, 3.8) is 0 Å². The fraction of sp³-hybridized carbons (Fsp3) is 0.364. The number of halogens is 4. The Kier molecular flexibility index (Phi) is 5.61. The summed E-state index contributed by atoms with van der Waals surface area (Å²) in [5.74, 6) is -1.39. The van der Waals surface area contributed by atoms with E-state index in [1.54, 1.807) is 0 Å². The van der Waals surface area contributed by atoms with Crippen molar-refractivity contribution in [2.24, 2.45) is 0 Å². The van der Waals surface area contributed by atoms with E-state index in [1.165, 1.54) is 6.07 Å². The van der Waals surface area contributed by atoms with Crippen molar-refractivity contribution < 1.29 is 23.1 Å². The van der Waals surface area contributed by atoms with Crippen LogP contribution in [0.15, 0.2) is 22.7 Å². The van der Waals surface area contributed by atoms with E-state index in [2.05, 4.69) is 15.9 Å². The maximum atomic E-state index is 13.0. The lowest BCUT2D eigenvalue weighted by Gasteiger charge is -2.21. The molecule has 0 spiro atoms. The molecule has 0 aliphatic rings. The molecule has 100 valence electrons. The van der Waals surface area contributed by atoms with Crippen LogP contribution in [0.2, 0.25) is 0 Å². The summed E-state index contributed by atoms with van der Waals surface area (Å²) in [6, 6.07) is 3.43. The fourth-order valence-corrected chi connectivity index (χ4v) is 1.81. The number of rotatable bonds is 5. The van der Waals surface area contributed by atoms with Gasteiger partial charge in [-0.2, -0.15) is 0 Å². The molecule has 1 rings (SSSR count). The fourth-order valence-electron chi connectivity index (χ4n) is 1.39. The van der Waals surface area contributed by atoms with Crippen LogP contribution in [0.25, 0.3) is 0 Å². The first-order valence-corrected chi connectivity index (χ1v) is 5.88. The number of carbonyl (C=O) groups is 1. The highest BCUT2D eigenvalue weighted by Crippen LogP contribution is 2.20. The molecule has 0 radical (unpaired) electrons. The maximum Gasteiger partial charge on any atom is 0.255 e. The third-order valence-electron chi connectivity index (χ3n) is 2.17. The van der Waals surface area contributed by atoms with E-state index in [4.69, 9.17) is 5.11 Å². The van der Waals surface area contributed by atoms with Gasteiger partial charge in [0.2, 0.25) is 0 Å². The summed E-state index contributed by atoms with van der Waals surface area (Å²) in [4.78, 5) is 12.7. The van der Waals surface area contributed by atoms with E-state index in [1.807, 2.05) is 0 Å². The van der Waals surface area contributed by atoms with Crippen LogP contribution < -0.4 is 0 Å². The van der Waals surface area contributed by atoms with Gasteiger partial charge in [-0.15, -0.1) is 0 Å². The van der Waals surface area contributed by atoms with Crippen molar-refractivity contribution in [2.75, 3.05) is 19.7 Å². The molecule has 0 saturated carbocycles. The number of nitrogens with zero attached hydrogens (tertiary/aromatic N) is 1. The lowest BCUT2D eigenvalue weighted by Crippen LogP contribution is -2.37. The average molecular weight is 326 g/mol. The minimum atomic E-state index is -2.71. The molecule has 0 aliphatic heterocycles. The monoisotopic (exact) mass is 325 g/mol. The number of hydrogen-bond acceptors (Lipinski definition) is 2. The zero-order chi connectivity index (χ0) is 13.7. The van der Waals surface area contributed by atoms with Gasteiger partial charge in [0, 0.05) is 11.0 Å². The van der Waals surface area contributed by atoms with E-state index in [0.717, 1.165) is 17.0 Å². The molecule has 0 bridgehead atoms. The van der Waals surface area contributed by atoms with Crippen molar-refractivity contribution in [3.05, 3.63) is 34.1 Å². The Morgan fingerprint density at radius 1 is 1.44 bits per heavy atom. The molecule has 0 atom stereocenters. The Labute approximate surface area is 110 Å². The smallest absolute Gasteiger partial charge is 0.255 e. The lowest BCUT2D eigenvalue weighted by atomic mass is 10.2. The van der Waals surface area contributed by atoms with Gasteiger partial charge in [0.15, 0.2) is 0 Å². The Balaban J connectivity index is 2.97. The third kappa shape index (κ3) is 3.99. The topological polar surface area (TPSA) is 40.5 Å². The second-order valence-corrected chi connectivity index (χ2v) is 4.34. The van der Waals surface area contributed by atoms with Gasteiger partial charge in [-0.25, -0.2) is 13.2 Å². The first-order valence-electron chi connectivity index (χ1n) is 5.09. The highest BCUT2D eigenvalue weighted by molar-refractivity contribution is 9.10. The largest absolute Gasteiger partial charge is 0.395 e. The van der Waals surface area contributed by atoms with Gasteiger partial charge in [0.1, 0.15) is 5.82 Å². The predicted octanol–water partition coefficient (Wildman–Crippen LogP) is 2.29. The SMILES string of the molecule is O=C(c1cc(F)ccc1Br)N(CCO)CC(F)F. The van der Waals surface area contributed by atoms with Crippen molar-refractivity contribution in [1.82, 2.24) is 4.90 Å². The summed E-state index contributed by atoms with van der Waals surface area (Å²) in [6.45, 7) is -1.47. The molecule has 0 fully saturated rings. The highest BCUT2D eigenvalue weighted by atomic mass is 79.9. The molecule has 0 saturated heterocycles. The van der Waals surface area contributed by atoms with Gasteiger partial charge < -0.3 is 10.0 Å². The predicted molar refractivity (Wildman–Crippen MR) is 63.1 cm³/mol. The molecule has 1 aromatic carbocycles. The molecular weight excluding hydrogens is 315 g/mol. The van der Waals surface area contributed by atoms with Crippen LogP contribution >= 0.6 is 15.9 Å². The zero-order valence-electron chi connectivity index (χ0n) is 9.25. The van der Waals surface area contributed by atoms with E-state index in [-0.39, 0.29) is 12.1 Å². The molecule has 0 heterocycles. The summed E-state index contributed by atoms with van der Waals surface area (Å²) in [7, 11) is 0. The average Bonchev–Trinajstić information content (AvgIpc) is 2.30.